The summed E-state index contributed by atoms with van der Waals surface area (Å²) in [5, 5.41) is 15.2. The monoisotopic (exact) mass is 497 g/mol. The quantitative estimate of drug-likeness (QED) is 0.507. The third kappa shape index (κ3) is 8.59. The van der Waals surface area contributed by atoms with E-state index in [0.717, 1.165) is 16.7 Å². The van der Waals surface area contributed by atoms with Gasteiger partial charge in [0.25, 0.3) is 0 Å². The first-order valence-corrected chi connectivity index (χ1v) is 12.1. The number of alkyl carbamates (subject to hydrolysis) is 1. The number of nitrogens with zero attached hydrogens (tertiary/aromatic N) is 1. The highest BCUT2D eigenvalue weighted by Gasteiger charge is 2.34. The van der Waals surface area contributed by atoms with Crippen molar-refractivity contribution < 1.29 is 24.2 Å². The lowest BCUT2D eigenvalue weighted by atomic mass is 9.98. The fourth-order valence-corrected chi connectivity index (χ4v) is 3.97. The van der Waals surface area contributed by atoms with Gasteiger partial charge in [0.1, 0.15) is 23.4 Å². The molecule has 0 aliphatic carbocycles. The molecule has 196 valence electrons. The van der Waals surface area contributed by atoms with Crippen LogP contribution in [0.25, 0.3) is 0 Å². The van der Waals surface area contributed by atoms with Gasteiger partial charge in [-0.2, -0.15) is 0 Å². The van der Waals surface area contributed by atoms with E-state index in [1.807, 2.05) is 45.9 Å². The normalized spacial score (nSPS) is 13.0. The molecule has 2 atom stereocenters. The highest BCUT2D eigenvalue weighted by Crippen LogP contribution is 2.24. The van der Waals surface area contributed by atoms with Crippen molar-refractivity contribution >= 4 is 17.9 Å². The Morgan fingerprint density at radius 1 is 0.972 bits per heavy atom. The second-order valence-electron chi connectivity index (χ2n) is 10.5. The number of phenols is 1. The topological polar surface area (TPSA) is 108 Å². The first-order chi connectivity index (χ1) is 16.7. The SMILES string of the molecule is Cc1cc(C)cc(C(C(=O)NC(C)C)N(C)C(=O)C(Cc2ccc(O)cc2)NC(=O)OC(C)(C)C)c1. The second kappa shape index (κ2) is 11.9. The van der Waals surface area contributed by atoms with Crippen molar-refractivity contribution in [1.29, 1.82) is 0 Å². The molecule has 8 nitrogen and oxygen atoms in total. The van der Waals surface area contributed by atoms with Crippen LogP contribution in [-0.2, 0) is 20.7 Å². The molecule has 0 spiro atoms. The van der Waals surface area contributed by atoms with Gasteiger partial charge in [0.15, 0.2) is 0 Å². The van der Waals surface area contributed by atoms with Gasteiger partial charge < -0.3 is 25.4 Å². The summed E-state index contributed by atoms with van der Waals surface area (Å²) < 4.78 is 5.39. The van der Waals surface area contributed by atoms with Gasteiger partial charge in [-0.1, -0.05) is 41.5 Å². The van der Waals surface area contributed by atoms with Gasteiger partial charge in [0.05, 0.1) is 0 Å². The van der Waals surface area contributed by atoms with Gasteiger partial charge in [-0.3, -0.25) is 9.59 Å². The maximum atomic E-state index is 13.8. The minimum atomic E-state index is -1.00. The highest BCUT2D eigenvalue weighted by atomic mass is 16.6. The maximum Gasteiger partial charge on any atom is 0.408 e. The molecule has 8 heteroatoms. The number of hydrogen-bond donors (Lipinski definition) is 3. The van der Waals surface area contributed by atoms with E-state index in [4.69, 9.17) is 4.74 Å². The molecule has 3 N–H and O–H groups in total. The van der Waals surface area contributed by atoms with E-state index in [9.17, 15) is 19.5 Å². The highest BCUT2D eigenvalue weighted by molar-refractivity contribution is 5.92. The van der Waals surface area contributed by atoms with Gasteiger partial charge in [-0.15, -0.1) is 0 Å². The number of carbonyl (C=O) groups excluding carboxylic acids is 3. The summed E-state index contributed by atoms with van der Waals surface area (Å²) in [4.78, 5) is 41.1. The lowest BCUT2D eigenvalue weighted by molar-refractivity contribution is -0.141. The van der Waals surface area contributed by atoms with Crippen molar-refractivity contribution in [1.82, 2.24) is 15.5 Å². The molecule has 0 saturated carbocycles. The predicted octanol–water partition coefficient (Wildman–Crippen LogP) is 4.17. The lowest BCUT2D eigenvalue weighted by Gasteiger charge is -2.32. The summed E-state index contributed by atoms with van der Waals surface area (Å²) in [7, 11) is 1.56. The predicted molar refractivity (Wildman–Crippen MR) is 140 cm³/mol. The zero-order valence-corrected chi connectivity index (χ0v) is 22.5. The van der Waals surface area contributed by atoms with E-state index in [1.54, 1.807) is 40.0 Å². The van der Waals surface area contributed by atoms with Crippen LogP contribution in [0.4, 0.5) is 4.79 Å². The van der Waals surface area contributed by atoms with E-state index in [0.29, 0.717) is 5.56 Å². The number of rotatable bonds is 8. The second-order valence-corrected chi connectivity index (χ2v) is 10.5. The zero-order chi connectivity index (χ0) is 27.2. The first-order valence-electron chi connectivity index (χ1n) is 12.1. The number of ether oxygens (including phenoxy) is 1. The number of phenolic OH excluding ortho intramolecular Hbond substituents is 1. The average molecular weight is 498 g/mol. The Kier molecular flexibility index (Phi) is 9.50. The number of aromatic hydroxyl groups is 1. The summed E-state index contributed by atoms with van der Waals surface area (Å²) in [5.41, 5.74) is 2.61. The third-order valence-corrected chi connectivity index (χ3v) is 5.34. The van der Waals surface area contributed by atoms with E-state index >= 15 is 0 Å². The van der Waals surface area contributed by atoms with Gasteiger partial charge in [-0.25, -0.2) is 4.79 Å². The van der Waals surface area contributed by atoms with Crippen LogP contribution >= 0.6 is 0 Å². The number of likely N-dealkylation sites (N-methyl/N-ethyl adjacent to an activating group) is 1. The molecule has 0 fully saturated rings. The molecule has 2 aromatic carbocycles. The van der Waals surface area contributed by atoms with Crippen molar-refractivity contribution in [2.45, 2.75) is 78.6 Å². The summed E-state index contributed by atoms with van der Waals surface area (Å²) >= 11 is 0. The molecule has 2 unspecified atom stereocenters. The van der Waals surface area contributed by atoms with Crippen LogP contribution in [-0.4, -0.2) is 52.6 Å². The van der Waals surface area contributed by atoms with Crippen LogP contribution in [0.2, 0.25) is 0 Å². The molecule has 36 heavy (non-hydrogen) atoms. The Bertz CT molecular complexity index is 1050. The Balaban J connectivity index is 2.45. The number of amides is 3. The lowest BCUT2D eigenvalue weighted by Crippen LogP contribution is -2.53. The Morgan fingerprint density at radius 2 is 1.53 bits per heavy atom. The summed E-state index contributed by atoms with van der Waals surface area (Å²) in [6, 6.07) is 10.1. The first kappa shape index (κ1) is 28.7. The third-order valence-electron chi connectivity index (χ3n) is 5.34. The summed E-state index contributed by atoms with van der Waals surface area (Å²) in [6.45, 7) is 12.8. The Hall–Kier alpha value is -3.55. The van der Waals surface area contributed by atoms with Gasteiger partial charge in [0, 0.05) is 19.5 Å². The molecule has 2 rings (SSSR count). The molecule has 0 heterocycles. The number of benzene rings is 2. The number of aryl methyl sites for hydroxylation is 2. The molecule has 0 aliphatic rings. The van der Waals surface area contributed by atoms with Gasteiger partial charge in [0.2, 0.25) is 11.8 Å². The van der Waals surface area contributed by atoms with Crippen LogP contribution in [0.5, 0.6) is 5.75 Å². The van der Waals surface area contributed by atoms with Crippen molar-refractivity contribution in [3.63, 3.8) is 0 Å². The van der Waals surface area contributed by atoms with Crippen LogP contribution in [0.1, 0.15) is 62.9 Å². The fourth-order valence-electron chi connectivity index (χ4n) is 3.97. The van der Waals surface area contributed by atoms with E-state index in [-0.39, 0.29) is 24.1 Å². The van der Waals surface area contributed by atoms with E-state index < -0.39 is 29.7 Å². The molecule has 2 aromatic rings. The molecule has 0 bridgehead atoms. The van der Waals surface area contributed by atoms with E-state index in [2.05, 4.69) is 10.6 Å². The molecule has 0 saturated heterocycles. The Labute approximate surface area is 214 Å². The van der Waals surface area contributed by atoms with Crippen molar-refractivity contribution in [3.05, 3.63) is 64.7 Å². The van der Waals surface area contributed by atoms with Crippen LogP contribution in [0.15, 0.2) is 42.5 Å². The molecule has 0 aliphatic heterocycles. The van der Waals surface area contributed by atoms with E-state index in [1.165, 1.54) is 17.0 Å². The van der Waals surface area contributed by atoms with Crippen LogP contribution in [0, 0.1) is 13.8 Å². The number of nitrogens with one attached hydrogen (secondary N) is 2. The molecular weight excluding hydrogens is 458 g/mol. The van der Waals surface area contributed by atoms with Crippen molar-refractivity contribution in [2.75, 3.05) is 7.05 Å². The molecule has 3 amide bonds. The summed E-state index contributed by atoms with van der Waals surface area (Å²) in [5.74, 6) is -0.664. The minimum absolute atomic E-state index is 0.0964. The molecule has 0 radical (unpaired) electrons. The van der Waals surface area contributed by atoms with Gasteiger partial charge >= 0.3 is 6.09 Å². The average Bonchev–Trinajstić information content (AvgIpc) is 2.71. The summed E-state index contributed by atoms with van der Waals surface area (Å²) in [6.07, 6.45) is -0.587. The number of carbonyl (C=O) groups is 3. The molecular formula is C28H39N3O5. The van der Waals surface area contributed by atoms with Crippen LogP contribution in [0.3, 0.4) is 0 Å². The van der Waals surface area contributed by atoms with Crippen molar-refractivity contribution in [3.8, 4) is 5.75 Å². The van der Waals surface area contributed by atoms with Crippen molar-refractivity contribution in [2.24, 2.45) is 0 Å². The zero-order valence-electron chi connectivity index (χ0n) is 22.5. The minimum Gasteiger partial charge on any atom is -0.508 e. The molecule has 0 aromatic heterocycles. The number of hydrogen-bond acceptors (Lipinski definition) is 5. The maximum absolute atomic E-state index is 13.8. The fraction of sp³-hybridized carbons (Fsp3) is 0.464. The Morgan fingerprint density at radius 3 is 2.03 bits per heavy atom. The van der Waals surface area contributed by atoms with Crippen LogP contribution < -0.4 is 10.6 Å². The van der Waals surface area contributed by atoms with Gasteiger partial charge in [-0.05, 0) is 71.7 Å². The smallest absolute Gasteiger partial charge is 0.408 e. The largest absolute Gasteiger partial charge is 0.508 e. The standard InChI is InChI=1S/C28H39N3O5/c1-17(2)29-25(33)24(21-14-18(3)13-19(4)15-21)31(8)26(34)23(30-27(35)36-28(5,6)7)16-20-9-11-22(32)12-10-20/h9-15,17,23-24,32H,16H2,1-8H3,(H,29,33)(H,30,35).